The van der Waals surface area contributed by atoms with Crippen molar-refractivity contribution in [3.8, 4) is 11.5 Å². The van der Waals surface area contributed by atoms with Crippen LogP contribution in [-0.4, -0.2) is 76.6 Å². The van der Waals surface area contributed by atoms with E-state index in [-0.39, 0.29) is 6.04 Å². The molecule has 5 heterocycles. The first-order chi connectivity index (χ1) is 16.4. The molecule has 11 nitrogen and oxygen atoms in total. The number of piperidine rings is 1. The normalized spacial score (nSPS) is 19.1. The summed E-state index contributed by atoms with van der Waals surface area (Å²) in [5.41, 5.74) is 3.34. The predicted octanol–water partition coefficient (Wildman–Crippen LogP) is 2.38. The summed E-state index contributed by atoms with van der Waals surface area (Å²) < 4.78 is 36.4. The highest BCUT2D eigenvalue weighted by molar-refractivity contribution is 7.88. The Hall–Kier alpha value is -2.57. The van der Waals surface area contributed by atoms with Crippen LogP contribution in [0.1, 0.15) is 44.1 Å². The van der Waals surface area contributed by atoms with E-state index < -0.39 is 10.0 Å². The van der Waals surface area contributed by atoms with Crippen molar-refractivity contribution in [2.75, 3.05) is 37.9 Å². The van der Waals surface area contributed by atoms with Crippen LogP contribution in [0.3, 0.4) is 0 Å². The lowest BCUT2D eigenvalue weighted by molar-refractivity contribution is 0.0905. The minimum Gasteiger partial charge on any atom is -0.381 e. The lowest BCUT2D eigenvalue weighted by atomic mass is 9.94. The fraction of sp³-hybridized carbons (Fsp3) is 0.636. The van der Waals surface area contributed by atoms with Crippen LogP contribution >= 0.6 is 0 Å². The Morgan fingerprint density at radius 3 is 2.65 bits per heavy atom. The van der Waals surface area contributed by atoms with Gasteiger partial charge in [-0.2, -0.15) is 10.1 Å². The molecule has 0 radical (unpaired) electrons. The molecule has 2 N–H and O–H groups in total. The molecule has 2 saturated heterocycles. The second-order valence-electron chi connectivity index (χ2n) is 9.15. The van der Waals surface area contributed by atoms with Crippen molar-refractivity contribution in [2.45, 2.75) is 51.5 Å². The summed E-state index contributed by atoms with van der Waals surface area (Å²) in [6, 6.07) is 0.278. The highest BCUT2D eigenvalue weighted by Gasteiger charge is 2.28. The summed E-state index contributed by atoms with van der Waals surface area (Å²) in [7, 11) is -3.14. The van der Waals surface area contributed by atoms with Crippen molar-refractivity contribution in [1.29, 1.82) is 0 Å². The molecule has 3 aromatic heterocycles. The summed E-state index contributed by atoms with van der Waals surface area (Å²) in [6.45, 7) is 4.59. The number of pyridine rings is 1. The number of nitrogens with one attached hydrogen (secondary N) is 2. The Bertz CT molecular complexity index is 1240. The Labute approximate surface area is 198 Å². The maximum Gasteiger partial charge on any atom is 0.261 e. The van der Waals surface area contributed by atoms with Crippen molar-refractivity contribution in [3.05, 3.63) is 17.7 Å². The molecule has 0 aliphatic carbocycles. The number of H-pyrrole nitrogens is 1. The number of sulfonamides is 1. The van der Waals surface area contributed by atoms with Crippen LogP contribution in [0, 0.1) is 5.92 Å². The quantitative estimate of drug-likeness (QED) is 0.512. The lowest BCUT2D eigenvalue weighted by Crippen LogP contribution is -2.38. The van der Waals surface area contributed by atoms with E-state index in [4.69, 9.17) is 19.2 Å². The zero-order valence-electron chi connectivity index (χ0n) is 19.6. The molecular weight excluding hydrogens is 458 g/mol. The number of rotatable bonds is 7. The molecule has 0 unspecified atom stereocenters. The van der Waals surface area contributed by atoms with E-state index in [9.17, 15) is 8.42 Å². The van der Waals surface area contributed by atoms with Crippen LogP contribution in [0.25, 0.3) is 22.5 Å². The number of fused-ring (bicyclic) bond motifs is 1. The van der Waals surface area contributed by atoms with Gasteiger partial charge in [-0.15, -0.1) is 0 Å². The summed E-state index contributed by atoms with van der Waals surface area (Å²) in [6.07, 6.45) is 7.82. The molecule has 184 valence electrons. The lowest BCUT2D eigenvalue weighted by Gasteiger charge is -2.29. The zero-order chi connectivity index (χ0) is 23.7. The van der Waals surface area contributed by atoms with Crippen LogP contribution < -0.4 is 5.32 Å². The van der Waals surface area contributed by atoms with E-state index >= 15 is 0 Å². The second-order valence-corrected chi connectivity index (χ2v) is 11.1. The maximum atomic E-state index is 11.8. The maximum absolute atomic E-state index is 11.8. The number of aryl methyl sites for hydroxylation is 1. The average molecular weight is 490 g/mol. The number of aromatic amines is 1. The van der Waals surface area contributed by atoms with Crippen LogP contribution in [0.5, 0.6) is 0 Å². The van der Waals surface area contributed by atoms with Gasteiger partial charge < -0.3 is 14.6 Å². The van der Waals surface area contributed by atoms with Gasteiger partial charge in [-0.05, 0) is 38.0 Å². The Balaban J connectivity index is 1.41. The van der Waals surface area contributed by atoms with Crippen LogP contribution in [0.2, 0.25) is 0 Å². The molecule has 3 aromatic rings. The topological polar surface area (TPSA) is 139 Å². The molecule has 0 spiro atoms. The van der Waals surface area contributed by atoms with Crippen LogP contribution in [0.15, 0.2) is 10.7 Å². The molecule has 34 heavy (non-hydrogen) atoms. The van der Waals surface area contributed by atoms with Gasteiger partial charge in [0.1, 0.15) is 0 Å². The smallest absolute Gasteiger partial charge is 0.261 e. The molecule has 2 aliphatic rings. The van der Waals surface area contributed by atoms with Gasteiger partial charge in [-0.1, -0.05) is 12.1 Å². The van der Waals surface area contributed by atoms with Gasteiger partial charge in [-0.3, -0.25) is 5.10 Å². The number of ether oxygens (including phenoxy) is 1. The molecule has 2 aliphatic heterocycles. The SMILES string of the molecule is CCc1nc2[nH]ncc2c(NC2CCOCC2)c1-c1nc(CC2CCN(S(C)(=O)=O)CC2)no1. The minimum atomic E-state index is -3.14. The third-order valence-corrected chi connectivity index (χ3v) is 8.08. The van der Waals surface area contributed by atoms with Gasteiger partial charge >= 0.3 is 0 Å². The van der Waals surface area contributed by atoms with E-state index in [0.29, 0.717) is 43.6 Å². The van der Waals surface area contributed by atoms with Gasteiger partial charge in [0.15, 0.2) is 11.5 Å². The first-order valence-electron chi connectivity index (χ1n) is 11.9. The third-order valence-electron chi connectivity index (χ3n) is 6.77. The minimum absolute atomic E-state index is 0.278. The van der Waals surface area contributed by atoms with E-state index in [1.807, 2.05) is 0 Å². The highest BCUT2D eigenvalue weighted by Crippen LogP contribution is 2.37. The first-order valence-corrected chi connectivity index (χ1v) is 13.8. The summed E-state index contributed by atoms with van der Waals surface area (Å²) in [5, 5.41) is 16.0. The second kappa shape index (κ2) is 9.59. The fourth-order valence-electron chi connectivity index (χ4n) is 4.84. The predicted molar refractivity (Wildman–Crippen MR) is 127 cm³/mol. The van der Waals surface area contributed by atoms with Crippen molar-refractivity contribution in [1.82, 2.24) is 29.6 Å². The first kappa shape index (κ1) is 23.2. The van der Waals surface area contributed by atoms with E-state index in [2.05, 4.69) is 27.6 Å². The van der Waals surface area contributed by atoms with E-state index in [1.54, 1.807) is 10.5 Å². The van der Waals surface area contributed by atoms with E-state index in [0.717, 1.165) is 66.9 Å². The molecular formula is C22H31N7O4S. The molecule has 0 atom stereocenters. The highest BCUT2D eigenvalue weighted by atomic mass is 32.2. The number of hydrogen-bond donors (Lipinski definition) is 2. The molecule has 0 bridgehead atoms. The Kier molecular flexibility index (Phi) is 6.54. The molecule has 0 aromatic carbocycles. The van der Waals surface area contributed by atoms with Crippen LogP contribution in [0.4, 0.5) is 5.69 Å². The average Bonchev–Trinajstić information content (AvgIpc) is 3.49. The Morgan fingerprint density at radius 2 is 1.94 bits per heavy atom. The molecule has 2 fully saturated rings. The summed E-state index contributed by atoms with van der Waals surface area (Å²) >= 11 is 0. The van der Waals surface area contributed by atoms with E-state index in [1.165, 1.54) is 6.26 Å². The van der Waals surface area contributed by atoms with Crippen LogP contribution in [-0.2, 0) is 27.6 Å². The van der Waals surface area contributed by atoms with Gasteiger partial charge in [-0.25, -0.2) is 17.7 Å². The number of anilines is 1. The van der Waals surface area contributed by atoms with Gasteiger partial charge in [0.2, 0.25) is 10.0 Å². The van der Waals surface area contributed by atoms with Crippen molar-refractivity contribution in [2.24, 2.45) is 5.92 Å². The van der Waals surface area contributed by atoms with Gasteiger partial charge in [0.25, 0.3) is 5.89 Å². The van der Waals surface area contributed by atoms with Crippen molar-refractivity contribution >= 4 is 26.7 Å². The standard InChI is InChI=1S/C22H31N7O4S/c1-3-17-19(20(16-13-23-27-21(16)25-17)24-15-6-10-32-11-7-15)22-26-18(28-33-22)12-14-4-8-29(9-5-14)34(2,30)31/h13-15H,3-12H2,1-2H3,(H2,23,24,25,27). The fourth-order valence-corrected chi connectivity index (χ4v) is 5.72. The number of aromatic nitrogens is 5. The summed E-state index contributed by atoms with van der Waals surface area (Å²) in [4.78, 5) is 9.52. The molecule has 0 saturated carbocycles. The molecule has 12 heteroatoms. The zero-order valence-corrected chi connectivity index (χ0v) is 20.4. The van der Waals surface area contributed by atoms with Crippen molar-refractivity contribution in [3.63, 3.8) is 0 Å². The summed E-state index contributed by atoms with van der Waals surface area (Å²) in [5.74, 6) is 1.41. The monoisotopic (exact) mass is 489 g/mol. The largest absolute Gasteiger partial charge is 0.381 e. The number of nitrogens with zero attached hydrogens (tertiary/aromatic N) is 5. The number of hydrogen-bond acceptors (Lipinski definition) is 9. The van der Waals surface area contributed by atoms with Gasteiger partial charge in [0, 0.05) is 38.8 Å². The third kappa shape index (κ3) is 4.80. The Morgan fingerprint density at radius 1 is 1.18 bits per heavy atom. The molecule has 0 amide bonds. The van der Waals surface area contributed by atoms with Crippen molar-refractivity contribution < 1.29 is 17.7 Å². The molecule has 5 rings (SSSR count). The van der Waals surface area contributed by atoms with Gasteiger partial charge in [0.05, 0.1) is 34.8 Å².